The van der Waals surface area contributed by atoms with E-state index in [9.17, 15) is 40.9 Å². The molecule has 0 saturated carbocycles. The molecule has 0 bridgehead atoms. The predicted molar refractivity (Wildman–Crippen MR) is 145 cm³/mol. The van der Waals surface area contributed by atoms with E-state index in [0.29, 0.717) is 22.7 Å². The first-order valence-corrected chi connectivity index (χ1v) is 14.3. The number of aliphatic imine (C=N–C) groups is 1. The van der Waals surface area contributed by atoms with Gasteiger partial charge in [0.25, 0.3) is 5.56 Å². The van der Waals surface area contributed by atoms with Gasteiger partial charge in [-0.3, -0.25) is 14.4 Å². The van der Waals surface area contributed by atoms with Gasteiger partial charge in [-0.2, -0.15) is 0 Å². The molecule has 11 nitrogen and oxygen atoms in total. The van der Waals surface area contributed by atoms with Crippen molar-refractivity contribution in [3.05, 3.63) is 94.8 Å². The van der Waals surface area contributed by atoms with Crippen LogP contribution in [0.1, 0.15) is 12.5 Å². The normalized spacial score (nSPS) is 12.7. The maximum absolute atomic E-state index is 13.8. The van der Waals surface area contributed by atoms with E-state index in [1.54, 1.807) is 54.6 Å². The van der Waals surface area contributed by atoms with E-state index in [-0.39, 0.29) is 27.7 Å². The number of pyridine rings is 1. The largest absolute Gasteiger partial charge is 0.744 e. The van der Waals surface area contributed by atoms with Crippen LogP contribution in [0, 0.1) is 0 Å². The molecule has 0 saturated heterocycles. The monoisotopic (exact) mass is 578 g/mol. The molecule has 0 unspecified atom stereocenters. The van der Waals surface area contributed by atoms with Gasteiger partial charge >= 0.3 is 0 Å². The molecule has 5 aromatic rings. The molecule has 0 amide bonds. The Hall–Kier alpha value is -4.56. The van der Waals surface area contributed by atoms with Crippen LogP contribution < -0.4 is 5.56 Å². The van der Waals surface area contributed by atoms with Crippen LogP contribution in [0.25, 0.3) is 27.4 Å². The Morgan fingerprint density at radius 3 is 2.02 bits per heavy atom. The highest BCUT2D eigenvalue weighted by Crippen LogP contribution is 2.39. The quantitative estimate of drug-likeness (QED) is 0.232. The Kier molecular flexibility index (Phi) is 6.46. The lowest BCUT2D eigenvalue weighted by atomic mass is 10.0. The Balaban J connectivity index is 1.86. The lowest BCUT2D eigenvalue weighted by Crippen LogP contribution is -2.25. The summed E-state index contributed by atoms with van der Waals surface area (Å²) in [6, 6.07) is 18.3. The SMILES string of the molecule is CC(=Nc1cc(S(=O)(=O)[O-])cc2cc(S(=O)(=O)[O-])cc(O)c12)c1c(O)c2ccccc2n(-c2ccccc2)c1=O. The third kappa shape index (κ3) is 4.71. The van der Waals surface area contributed by atoms with Gasteiger partial charge < -0.3 is 19.3 Å². The van der Waals surface area contributed by atoms with Crippen molar-refractivity contribution < 1.29 is 36.2 Å². The van der Waals surface area contributed by atoms with Gasteiger partial charge in [0.2, 0.25) is 0 Å². The van der Waals surface area contributed by atoms with Crippen LogP contribution in [0.2, 0.25) is 0 Å². The van der Waals surface area contributed by atoms with Crippen molar-refractivity contribution in [2.75, 3.05) is 0 Å². The van der Waals surface area contributed by atoms with Crippen molar-refractivity contribution in [3.8, 4) is 17.2 Å². The van der Waals surface area contributed by atoms with Crippen LogP contribution in [-0.2, 0) is 20.2 Å². The minimum absolute atomic E-state index is 0.111. The summed E-state index contributed by atoms with van der Waals surface area (Å²) in [4.78, 5) is 16.4. The number of fused-ring (bicyclic) bond motifs is 2. The van der Waals surface area contributed by atoms with Gasteiger partial charge in [-0.15, -0.1) is 0 Å². The number of benzene rings is 4. The summed E-state index contributed by atoms with van der Waals surface area (Å²) in [5.41, 5.74) is -0.447. The fraction of sp³-hybridized carbons (Fsp3) is 0.0370. The molecular weight excluding hydrogens is 560 g/mol. The second-order valence-corrected chi connectivity index (χ2v) is 11.6. The first-order chi connectivity index (χ1) is 18.8. The molecule has 0 aliphatic heterocycles. The Bertz CT molecular complexity index is 2150. The van der Waals surface area contributed by atoms with Crippen molar-refractivity contribution in [2.24, 2.45) is 4.99 Å². The molecule has 1 heterocycles. The number of hydrogen-bond acceptors (Lipinski definition) is 10. The van der Waals surface area contributed by atoms with Crippen LogP contribution in [0.3, 0.4) is 0 Å². The van der Waals surface area contributed by atoms with Gasteiger partial charge in [0.05, 0.1) is 26.7 Å². The zero-order valence-electron chi connectivity index (χ0n) is 20.5. The summed E-state index contributed by atoms with van der Waals surface area (Å²) in [7, 11) is -10.2. The zero-order chi connectivity index (χ0) is 29.0. The van der Waals surface area contributed by atoms with Crippen molar-refractivity contribution in [3.63, 3.8) is 0 Å². The van der Waals surface area contributed by atoms with Crippen LogP contribution >= 0.6 is 0 Å². The minimum atomic E-state index is -5.11. The second kappa shape index (κ2) is 9.57. The summed E-state index contributed by atoms with van der Waals surface area (Å²) in [6.07, 6.45) is 0. The standard InChI is InChI=1S/C27H20N2O9S2/c1-15(24-26(31)20-9-5-6-10-22(20)29(27(24)32)17-7-3-2-4-8-17)28-21-13-18(39(33,34)35)11-16-12-19(40(36,37)38)14-23(30)25(16)21/h2-14,30-31H,1H3,(H,33,34,35)(H,36,37,38)/p-2. The van der Waals surface area contributed by atoms with E-state index in [0.717, 1.165) is 18.2 Å². The maximum atomic E-state index is 13.8. The summed E-state index contributed by atoms with van der Waals surface area (Å²) in [5, 5.41) is 21.6. The molecule has 0 aliphatic rings. The second-order valence-electron chi connectivity index (χ2n) is 8.81. The fourth-order valence-electron chi connectivity index (χ4n) is 4.52. The maximum Gasteiger partial charge on any atom is 0.268 e. The van der Waals surface area contributed by atoms with E-state index in [1.165, 1.54) is 11.5 Å². The number of aromatic hydroxyl groups is 2. The highest BCUT2D eigenvalue weighted by Gasteiger charge is 2.21. The topological polar surface area (TPSA) is 189 Å². The van der Waals surface area contributed by atoms with Crippen LogP contribution in [-0.4, -0.2) is 46.4 Å². The summed E-state index contributed by atoms with van der Waals surface area (Å²) in [6.45, 7) is 1.36. The highest BCUT2D eigenvalue weighted by atomic mass is 32.2. The zero-order valence-corrected chi connectivity index (χ0v) is 22.1. The Morgan fingerprint density at radius 2 is 1.40 bits per heavy atom. The molecule has 0 aliphatic carbocycles. The molecule has 0 spiro atoms. The number of aromatic nitrogens is 1. The van der Waals surface area contributed by atoms with Crippen molar-refractivity contribution >= 4 is 53.3 Å². The first kappa shape index (κ1) is 27.0. The van der Waals surface area contributed by atoms with Gasteiger partial charge in [-0.05, 0) is 60.8 Å². The summed E-state index contributed by atoms with van der Waals surface area (Å²) < 4.78 is 71.6. The van der Waals surface area contributed by atoms with E-state index in [4.69, 9.17) is 0 Å². The highest BCUT2D eigenvalue weighted by molar-refractivity contribution is 7.86. The molecule has 40 heavy (non-hydrogen) atoms. The fourth-order valence-corrected chi connectivity index (χ4v) is 5.57. The van der Waals surface area contributed by atoms with E-state index < -0.39 is 47.1 Å². The molecule has 0 fully saturated rings. The van der Waals surface area contributed by atoms with E-state index >= 15 is 0 Å². The number of nitrogens with zero attached hydrogens (tertiary/aromatic N) is 2. The molecule has 2 N–H and O–H groups in total. The van der Waals surface area contributed by atoms with E-state index in [2.05, 4.69) is 4.99 Å². The molecule has 13 heteroatoms. The van der Waals surface area contributed by atoms with Gasteiger partial charge in [0, 0.05) is 16.5 Å². The Morgan fingerprint density at radius 1 is 0.825 bits per heavy atom. The molecule has 5 rings (SSSR count). The summed E-state index contributed by atoms with van der Waals surface area (Å²) >= 11 is 0. The third-order valence-corrected chi connectivity index (χ3v) is 7.88. The molecule has 0 atom stereocenters. The number of phenols is 1. The predicted octanol–water partition coefficient (Wildman–Crippen LogP) is 3.50. The van der Waals surface area contributed by atoms with E-state index in [1.807, 2.05) is 0 Å². The lowest BCUT2D eigenvalue weighted by molar-refractivity contribution is 0.458. The number of phenolic OH excluding ortho intramolecular Hbond substituents is 1. The number of hydrogen-bond donors (Lipinski definition) is 2. The van der Waals surface area contributed by atoms with Gasteiger partial charge in [0.15, 0.2) is 0 Å². The third-order valence-electron chi connectivity index (χ3n) is 6.25. The minimum Gasteiger partial charge on any atom is -0.744 e. The smallest absolute Gasteiger partial charge is 0.268 e. The van der Waals surface area contributed by atoms with Crippen LogP contribution in [0.5, 0.6) is 11.5 Å². The lowest BCUT2D eigenvalue weighted by Gasteiger charge is -2.16. The van der Waals surface area contributed by atoms with Crippen LogP contribution in [0.4, 0.5) is 5.69 Å². The number of para-hydroxylation sites is 2. The average molecular weight is 579 g/mol. The van der Waals surface area contributed by atoms with Crippen LogP contribution in [0.15, 0.2) is 98.4 Å². The molecule has 4 aromatic carbocycles. The number of rotatable bonds is 5. The molecular formula is C27H18N2O9S2-2. The summed E-state index contributed by atoms with van der Waals surface area (Å²) in [5.74, 6) is -1.15. The van der Waals surface area contributed by atoms with Crippen molar-refractivity contribution in [2.45, 2.75) is 16.7 Å². The Labute approximate surface area is 227 Å². The van der Waals surface area contributed by atoms with Crippen molar-refractivity contribution in [1.29, 1.82) is 0 Å². The average Bonchev–Trinajstić information content (AvgIpc) is 2.88. The molecule has 0 radical (unpaired) electrons. The van der Waals surface area contributed by atoms with Crippen molar-refractivity contribution in [1.82, 2.24) is 4.57 Å². The molecule has 1 aromatic heterocycles. The van der Waals surface area contributed by atoms with Gasteiger partial charge in [-0.1, -0.05) is 30.3 Å². The molecule has 204 valence electrons. The van der Waals surface area contributed by atoms with Gasteiger partial charge in [0.1, 0.15) is 37.3 Å². The first-order valence-electron chi connectivity index (χ1n) is 11.5. The van der Waals surface area contributed by atoms with Gasteiger partial charge in [-0.25, -0.2) is 16.8 Å².